The van der Waals surface area contributed by atoms with Gasteiger partial charge in [-0.05, 0) is 43.4 Å². The van der Waals surface area contributed by atoms with Crippen molar-refractivity contribution in [3.63, 3.8) is 0 Å². The summed E-state index contributed by atoms with van der Waals surface area (Å²) in [7, 11) is 0. The molecule has 2 fully saturated rings. The molecule has 0 saturated heterocycles. The first-order chi connectivity index (χ1) is 7.66. The van der Waals surface area contributed by atoms with Gasteiger partial charge in [0.2, 0.25) is 0 Å². The first kappa shape index (κ1) is 12.4. The van der Waals surface area contributed by atoms with Crippen molar-refractivity contribution in [1.29, 1.82) is 0 Å². The van der Waals surface area contributed by atoms with Crippen molar-refractivity contribution in [2.45, 2.75) is 64.6 Å². The van der Waals surface area contributed by atoms with Gasteiger partial charge in [-0.25, -0.2) is 0 Å². The molecule has 1 N–H and O–H groups in total. The highest BCUT2D eigenvalue weighted by Gasteiger charge is 2.31. The van der Waals surface area contributed by atoms with Gasteiger partial charge in [-0.15, -0.1) is 0 Å². The summed E-state index contributed by atoms with van der Waals surface area (Å²) >= 11 is 0. The fourth-order valence-corrected chi connectivity index (χ4v) is 2.72. The van der Waals surface area contributed by atoms with Crippen LogP contribution >= 0.6 is 0 Å². The van der Waals surface area contributed by atoms with Crippen LogP contribution in [0.2, 0.25) is 0 Å². The number of ether oxygens (including phenoxy) is 1. The Labute approximate surface area is 99.4 Å². The van der Waals surface area contributed by atoms with E-state index in [0.29, 0.717) is 0 Å². The van der Waals surface area contributed by atoms with E-state index >= 15 is 0 Å². The monoisotopic (exact) mass is 226 g/mol. The molecule has 0 spiro atoms. The van der Waals surface area contributed by atoms with Gasteiger partial charge in [0.15, 0.2) is 0 Å². The number of hydrogen-bond donors (Lipinski definition) is 1. The highest BCUT2D eigenvalue weighted by molar-refractivity contribution is 4.82. The summed E-state index contributed by atoms with van der Waals surface area (Å²) in [5.74, 6) is 2.40. The van der Waals surface area contributed by atoms with Crippen LogP contribution < -0.4 is 0 Å². The normalized spacial score (nSPS) is 35.6. The van der Waals surface area contributed by atoms with E-state index in [2.05, 4.69) is 13.8 Å². The second-order valence-corrected chi connectivity index (χ2v) is 6.03. The van der Waals surface area contributed by atoms with E-state index in [4.69, 9.17) is 4.74 Å². The van der Waals surface area contributed by atoms with Crippen LogP contribution in [0.25, 0.3) is 0 Å². The minimum atomic E-state index is -0.214. The van der Waals surface area contributed by atoms with Gasteiger partial charge in [0, 0.05) is 6.61 Å². The minimum Gasteiger partial charge on any atom is -0.390 e. The first-order valence-corrected chi connectivity index (χ1v) is 6.96. The molecule has 2 heteroatoms. The van der Waals surface area contributed by atoms with Gasteiger partial charge in [-0.1, -0.05) is 26.7 Å². The van der Waals surface area contributed by atoms with E-state index < -0.39 is 0 Å². The van der Waals surface area contributed by atoms with E-state index in [9.17, 15) is 5.11 Å². The quantitative estimate of drug-likeness (QED) is 0.781. The van der Waals surface area contributed by atoms with Crippen LogP contribution in [-0.2, 0) is 4.74 Å². The van der Waals surface area contributed by atoms with Crippen LogP contribution in [0.4, 0.5) is 0 Å². The second-order valence-electron chi connectivity index (χ2n) is 6.03. The molecule has 0 aromatic rings. The van der Waals surface area contributed by atoms with Gasteiger partial charge in [0.05, 0.1) is 12.2 Å². The summed E-state index contributed by atoms with van der Waals surface area (Å²) in [5, 5.41) is 9.92. The maximum Gasteiger partial charge on any atom is 0.0836 e. The maximum atomic E-state index is 9.92. The van der Waals surface area contributed by atoms with E-state index in [0.717, 1.165) is 37.2 Å². The molecule has 3 unspecified atom stereocenters. The molecule has 3 atom stereocenters. The third kappa shape index (κ3) is 3.46. The van der Waals surface area contributed by atoms with Gasteiger partial charge in [0.25, 0.3) is 0 Å². The molecule has 2 aliphatic rings. The zero-order chi connectivity index (χ0) is 11.5. The van der Waals surface area contributed by atoms with E-state index in [-0.39, 0.29) is 12.2 Å². The lowest BCUT2D eigenvalue weighted by molar-refractivity contribution is -0.0773. The maximum absolute atomic E-state index is 9.92. The van der Waals surface area contributed by atoms with E-state index in [1.807, 2.05) is 0 Å². The molecule has 0 radical (unpaired) electrons. The topological polar surface area (TPSA) is 29.5 Å². The SMILES string of the molecule is CC(C)C1CCC(O)C(OCCC2CC2)C1. The summed E-state index contributed by atoms with van der Waals surface area (Å²) in [5.41, 5.74) is 0. The largest absolute Gasteiger partial charge is 0.390 e. The van der Waals surface area contributed by atoms with E-state index in [1.165, 1.54) is 25.7 Å². The van der Waals surface area contributed by atoms with Crippen LogP contribution in [0.5, 0.6) is 0 Å². The summed E-state index contributed by atoms with van der Waals surface area (Å²) in [4.78, 5) is 0. The Bertz CT molecular complexity index is 211. The Hall–Kier alpha value is -0.0800. The number of aliphatic hydroxyl groups excluding tert-OH is 1. The molecule has 2 saturated carbocycles. The van der Waals surface area contributed by atoms with Crippen molar-refractivity contribution in [3.8, 4) is 0 Å². The molecule has 94 valence electrons. The van der Waals surface area contributed by atoms with E-state index in [1.54, 1.807) is 0 Å². The van der Waals surface area contributed by atoms with Crippen LogP contribution in [0.1, 0.15) is 52.4 Å². The van der Waals surface area contributed by atoms with Crippen molar-refractivity contribution >= 4 is 0 Å². The lowest BCUT2D eigenvalue weighted by Gasteiger charge is -2.35. The average molecular weight is 226 g/mol. The van der Waals surface area contributed by atoms with Crippen LogP contribution in [0.3, 0.4) is 0 Å². The lowest BCUT2D eigenvalue weighted by atomic mass is 9.79. The van der Waals surface area contributed by atoms with Crippen LogP contribution in [-0.4, -0.2) is 23.9 Å². The molecule has 16 heavy (non-hydrogen) atoms. The highest BCUT2D eigenvalue weighted by atomic mass is 16.5. The number of hydrogen-bond acceptors (Lipinski definition) is 2. The molecular formula is C14H26O2. The smallest absolute Gasteiger partial charge is 0.0836 e. The third-order valence-electron chi connectivity index (χ3n) is 4.30. The molecule has 2 aliphatic carbocycles. The first-order valence-electron chi connectivity index (χ1n) is 6.96. The molecule has 0 amide bonds. The average Bonchev–Trinajstić information content (AvgIpc) is 3.04. The Morgan fingerprint density at radius 2 is 1.94 bits per heavy atom. The number of aliphatic hydroxyl groups is 1. The summed E-state index contributed by atoms with van der Waals surface area (Å²) in [6.07, 6.45) is 7.04. The summed E-state index contributed by atoms with van der Waals surface area (Å²) in [6.45, 7) is 5.42. The Morgan fingerprint density at radius 3 is 2.56 bits per heavy atom. The van der Waals surface area contributed by atoms with Gasteiger partial charge in [0.1, 0.15) is 0 Å². The zero-order valence-electron chi connectivity index (χ0n) is 10.7. The molecule has 2 rings (SSSR count). The molecule has 0 aromatic heterocycles. The highest BCUT2D eigenvalue weighted by Crippen LogP contribution is 2.34. The molecule has 0 bridgehead atoms. The molecular weight excluding hydrogens is 200 g/mol. The molecule has 0 aromatic carbocycles. The third-order valence-corrected chi connectivity index (χ3v) is 4.30. The van der Waals surface area contributed by atoms with Gasteiger partial charge < -0.3 is 9.84 Å². The Morgan fingerprint density at radius 1 is 1.19 bits per heavy atom. The zero-order valence-corrected chi connectivity index (χ0v) is 10.7. The lowest BCUT2D eigenvalue weighted by Crippen LogP contribution is -2.37. The predicted molar refractivity (Wildman–Crippen MR) is 65.3 cm³/mol. The predicted octanol–water partition coefficient (Wildman–Crippen LogP) is 2.99. The van der Waals surface area contributed by atoms with Crippen LogP contribution in [0, 0.1) is 17.8 Å². The van der Waals surface area contributed by atoms with Crippen molar-refractivity contribution in [1.82, 2.24) is 0 Å². The van der Waals surface area contributed by atoms with Crippen molar-refractivity contribution in [3.05, 3.63) is 0 Å². The molecule has 0 heterocycles. The Balaban J connectivity index is 1.71. The summed E-state index contributed by atoms with van der Waals surface area (Å²) < 4.78 is 5.88. The fraction of sp³-hybridized carbons (Fsp3) is 1.00. The standard InChI is InChI=1S/C14H26O2/c1-10(2)12-5-6-13(15)14(9-12)16-8-7-11-3-4-11/h10-15H,3-9H2,1-2H3. The van der Waals surface area contributed by atoms with Crippen molar-refractivity contribution < 1.29 is 9.84 Å². The van der Waals surface area contributed by atoms with Crippen LogP contribution in [0.15, 0.2) is 0 Å². The Kier molecular flexibility index (Phi) is 4.26. The molecule has 2 nitrogen and oxygen atoms in total. The second kappa shape index (κ2) is 5.50. The molecule has 0 aliphatic heterocycles. The van der Waals surface area contributed by atoms with Gasteiger partial charge >= 0.3 is 0 Å². The van der Waals surface area contributed by atoms with Gasteiger partial charge in [-0.3, -0.25) is 0 Å². The number of rotatable bonds is 5. The fourth-order valence-electron chi connectivity index (χ4n) is 2.72. The minimum absolute atomic E-state index is 0.111. The van der Waals surface area contributed by atoms with Gasteiger partial charge in [-0.2, -0.15) is 0 Å². The summed E-state index contributed by atoms with van der Waals surface area (Å²) in [6, 6.07) is 0. The van der Waals surface area contributed by atoms with Crippen molar-refractivity contribution in [2.24, 2.45) is 17.8 Å². The van der Waals surface area contributed by atoms with Crippen molar-refractivity contribution in [2.75, 3.05) is 6.61 Å².